The van der Waals surface area contributed by atoms with E-state index < -0.39 is 10.0 Å². The lowest BCUT2D eigenvalue weighted by Crippen LogP contribution is -2.19. The predicted molar refractivity (Wildman–Crippen MR) is 74.9 cm³/mol. The van der Waals surface area contributed by atoms with Crippen molar-refractivity contribution in [2.45, 2.75) is 17.7 Å². The molecule has 0 amide bonds. The highest BCUT2D eigenvalue weighted by molar-refractivity contribution is 8.14. The first-order valence-corrected chi connectivity index (χ1v) is 8.39. The molecule has 1 N–H and O–H groups in total. The Morgan fingerprint density at radius 1 is 1.44 bits per heavy atom. The standard InChI is InChI=1S/C11H11ClN2O2S2/c12-8-3-4-9-10(5-8)18(15,16)14-11(13-9)17-6-7-1-2-7/h3-5,7H,1-2,6H2,(H,13,14). The van der Waals surface area contributed by atoms with Crippen LogP contribution in [0.3, 0.4) is 0 Å². The Balaban J connectivity index is 1.90. The van der Waals surface area contributed by atoms with Crippen LogP contribution in [0.15, 0.2) is 27.5 Å². The molecule has 1 heterocycles. The summed E-state index contributed by atoms with van der Waals surface area (Å²) >= 11 is 7.27. The third-order valence-electron chi connectivity index (χ3n) is 2.82. The average Bonchev–Trinajstić information content (AvgIpc) is 3.11. The second-order valence-electron chi connectivity index (χ2n) is 4.39. The normalized spacial score (nSPS) is 20.8. The van der Waals surface area contributed by atoms with Gasteiger partial charge in [-0.2, -0.15) is 8.42 Å². The van der Waals surface area contributed by atoms with Crippen LogP contribution in [0.25, 0.3) is 0 Å². The first-order valence-electron chi connectivity index (χ1n) is 5.59. The minimum Gasteiger partial charge on any atom is -0.333 e. The monoisotopic (exact) mass is 302 g/mol. The first-order chi connectivity index (χ1) is 8.54. The van der Waals surface area contributed by atoms with E-state index >= 15 is 0 Å². The average molecular weight is 303 g/mol. The SMILES string of the molecule is O=S1(=O)N=C(SCC2CC2)Nc2ccc(Cl)cc21. The van der Waals surface area contributed by atoms with E-state index in [9.17, 15) is 8.42 Å². The number of benzene rings is 1. The lowest BCUT2D eigenvalue weighted by molar-refractivity contribution is 0.598. The summed E-state index contributed by atoms with van der Waals surface area (Å²) in [6.45, 7) is 0. The number of nitrogens with zero attached hydrogens (tertiary/aromatic N) is 1. The molecule has 0 bridgehead atoms. The number of fused-ring (bicyclic) bond motifs is 1. The summed E-state index contributed by atoms with van der Waals surface area (Å²) < 4.78 is 27.8. The molecule has 1 saturated carbocycles. The van der Waals surface area contributed by atoms with Crippen LogP contribution in [0.1, 0.15) is 12.8 Å². The molecule has 18 heavy (non-hydrogen) atoms. The fraction of sp³-hybridized carbons (Fsp3) is 0.364. The molecule has 0 saturated heterocycles. The van der Waals surface area contributed by atoms with Crippen LogP contribution >= 0.6 is 23.4 Å². The predicted octanol–water partition coefficient (Wildman–Crippen LogP) is 2.95. The molecular formula is C11H11ClN2O2S2. The molecule has 1 fully saturated rings. The highest BCUT2D eigenvalue weighted by Gasteiger charge is 2.27. The van der Waals surface area contributed by atoms with Crippen molar-refractivity contribution in [1.82, 2.24) is 0 Å². The summed E-state index contributed by atoms with van der Waals surface area (Å²) in [4.78, 5) is 0.144. The van der Waals surface area contributed by atoms with Crippen LogP contribution < -0.4 is 5.32 Å². The summed E-state index contributed by atoms with van der Waals surface area (Å²) in [6.07, 6.45) is 2.47. The van der Waals surface area contributed by atoms with Gasteiger partial charge in [-0.1, -0.05) is 23.4 Å². The van der Waals surface area contributed by atoms with Gasteiger partial charge < -0.3 is 5.32 Å². The van der Waals surface area contributed by atoms with Crippen molar-refractivity contribution in [2.75, 3.05) is 11.1 Å². The van der Waals surface area contributed by atoms with Gasteiger partial charge in [0.25, 0.3) is 10.0 Å². The minimum atomic E-state index is -3.62. The number of thioether (sulfide) groups is 1. The molecule has 1 aliphatic carbocycles. The van der Waals surface area contributed by atoms with Crippen molar-refractivity contribution in [2.24, 2.45) is 10.3 Å². The molecular weight excluding hydrogens is 292 g/mol. The molecule has 1 aromatic carbocycles. The molecule has 1 aromatic rings. The third kappa shape index (κ3) is 2.50. The highest BCUT2D eigenvalue weighted by Crippen LogP contribution is 2.35. The number of hydrogen-bond donors (Lipinski definition) is 1. The van der Waals surface area contributed by atoms with E-state index in [1.807, 2.05) is 0 Å². The molecule has 3 rings (SSSR count). The molecule has 0 unspecified atom stereocenters. The maximum atomic E-state index is 12.0. The smallest absolute Gasteiger partial charge is 0.286 e. The van der Waals surface area contributed by atoms with Gasteiger partial charge in [0.15, 0.2) is 5.17 Å². The third-order valence-corrected chi connectivity index (χ3v) is 5.59. The van der Waals surface area contributed by atoms with Crippen molar-refractivity contribution < 1.29 is 8.42 Å². The lowest BCUT2D eigenvalue weighted by atomic mass is 10.3. The van der Waals surface area contributed by atoms with Gasteiger partial charge in [0.2, 0.25) is 0 Å². The number of nitrogens with one attached hydrogen (secondary N) is 1. The zero-order valence-electron chi connectivity index (χ0n) is 9.39. The molecule has 0 aromatic heterocycles. The molecule has 4 nitrogen and oxygen atoms in total. The molecule has 7 heteroatoms. The van der Waals surface area contributed by atoms with Gasteiger partial charge in [0, 0.05) is 10.8 Å². The zero-order valence-corrected chi connectivity index (χ0v) is 11.8. The molecule has 0 atom stereocenters. The Hall–Kier alpha value is -0.720. The summed E-state index contributed by atoms with van der Waals surface area (Å²) in [7, 11) is -3.62. The van der Waals surface area contributed by atoms with Crippen molar-refractivity contribution in [3.05, 3.63) is 23.2 Å². The number of rotatable bonds is 2. The second-order valence-corrected chi connectivity index (χ2v) is 7.41. The number of hydrogen-bond acceptors (Lipinski definition) is 4. The molecule has 2 aliphatic rings. The van der Waals surface area contributed by atoms with Crippen molar-refractivity contribution in [3.63, 3.8) is 0 Å². The first kappa shape index (κ1) is 12.3. The fourth-order valence-electron chi connectivity index (χ4n) is 1.65. The number of anilines is 1. The van der Waals surface area contributed by atoms with Crippen molar-refractivity contribution in [1.29, 1.82) is 0 Å². The van der Waals surface area contributed by atoms with Crippen molar-refractivity contribution in [3.8, 4) is 0 Å². The highest BCUT2D eigenvalue weighted by atomic mass is 35.5. The lowest BCUT2D eigenvalue weighted by Gasteiger charge is -2.17. The second kappa shape index (κ2) is 4.43. The fourth-order valence-corrected chi connectivity index (χ4v) is 4.34. The van der Waals surface area contributed by atoms with Gasteiger partial charge in [0.1, 0.15) is 4.90 Å². The van der Waals surface area contributed by atoms with E-state index in [1.54, 1.807) is 12.1 Å². The van der Waals surface area contributed by atoms with Gasteiger partial charge in [-0.25, -0.2) is 0 Å². The van der Waals surface area contributed by atoms with Gasteiger partial charge in [-0.3, -0.25) is 0 Å². The summed E-state index contributed by atoms with van der Waals surface area (Å²) in [5, 5.41) is 3.89. The quantitative estimate of drug-likeness (QED) is 0.912. The van der Waals surface area contributed by atoms with Gasteiger partial charge in [0.05, 0.1) is 5.69 Å². The molecule has 96 valence electrons. The van der Waals surface area contributed by atoms with E-state index in [0.29, 0.717) is 21.8 Å². The van der Waals surface area contributed by atoms with Crippen LogP contribution in [0.5, 0.6) is 0 Å². The largest absolute Gasteiger partial charge is 0.333 e. The van der Waals surface area contributed by atoms with Gasteiger partial charge >= 0.3 is 0 Å². The maximum Gasteiger partial charge on any atom is 0.286 e. The van der Waals surface area contributed by atoms with Crippen LogP contribution in [-0.2, 0) is 10.0 Å². The van der Waals surface area contributed by atoms with Crippen LogP contribution in [-0.4, -0.2) is 19.3 Å². The number of amidine groups is 1. The summed E-state index contributed by atoms with van der Waals surface area (Å²) in [5.74, 6) is 1.64. The van der Waals surface area contributed by atoms with E-state index in [2.05, 4.69) is 9.71 Å². The topological polar surface area (TPSA) is 58.5 Å². The number of sulfonamides is 1. The Bertz CT molecular complexity index is 624. The van der Waals surface area contributed by atoms with Crippen molar-refractivity contribution >= 4 is 44.2 Å². The Kier molecular flexibility index (Phi) is 3.03. The Morgan fingerprint density at radius 2 is 2.22 bits per heavy atom. The summed E-state index contributed by atoms with van der Waals surface area (Å²) in [6, 6.07) is 4.75. The maximum absolute atomic E-state index is 12.0. The van der Waals surface area contributed by atoms with E-state index in [4.69, 9.17) is 11.6 Å². The minimum absolute atomic E-state index is 0.144. The van der Waals surface area contributed by atoms with E-state index in [1.165, 1.54) is 30.7 Å². The van der Waals surface area contributed by atoms with Gasteiger partial charge in [-0.05, 0) is 37.0 Å². The van der Waals surface area contributed by atoms with E-state index in [0.717, 1.165) is 5.75 Å². The Morgan fingerprint density at radius 3 is 2.94 bits per heavy atom. The molecule has 0 radical (unpaired) electrons. The number of halogens is 1. The van der Waals surface area contributed by atoms with Crippen LogP contribution in [0.4, 0.5) is 5.69 Å². The van der Waals surface area contributed by atoms with E-state index in [-0.39, 0.29) is 4.90 Å². The summed E-state index contributed by atoms with van der Waals surface area (Å²) in [5.41, 5.74) is 0.549. The van der Waals surface area contributed by atoms with Gasteiger partial charge in [-0.15, -0.1) is 4.40 Å². The molecule has 1 aliphatic heterocycles. The van der Waals surface area contributed by atoms with Crippen LogP contribution in [0, 0.1) is 5.92 Å². The Labute approximate surface area is 115 Å². The zero-order chi connectivity index (χ0) is 12.8. The van der Waals surface area contributed by atoms with Crippen LogP contribution in [0.2, 0.25) is 5.02 Å². The molecule has 0 spiro atoms.